The van der Waals surface area contributed by atoms with Crippen LogP contribution in [0.3, 0.4) is 0 Å². The molecule has 0 aromatic heterocycles. The Morgan fingerprint density at radius 3 is 2.07 bits per heavy atom. The van der Waals surface area contributed by atoms with Crippen LogP contribution in [0.4, 0.5) is 5.69 Å². The molecule has 0 unspecified atom stereocenters. The number of rotatable bonds is 11. The molecular formula is C35H37BrClN3O4S. The first kappa shape index (κ1) is 34.2. The maximum atomic E-state index is 14.5. The van der Waals surface area contributed by atoms with Crippen molar-refractivity contribution in [1.82, 2.24) is 10.2 Å². The van der Waals surface area contributed by atoms with Crippen LogP contribution in [-0.4, -0.2) is 43.3 Å². The number of hydrogen-bond donors (Lipinski definition) is 1. The van der Waals surface area contributed by atoms with Crippen molar-refractivity contribution in [3.05, 3.63) is 129 Å². The van der Waals surface area contributed by atoms with Gasteiger partial charge in [-0.15, -0.1) is 0 Å². The molecule has 0 spiro atoms. The zero-order valence-electron chi connectivity index (χ0n) is 25.7. The van der Waals surface area contributed by atoms with E-state index in [0.29, 0.717) is 16.3 Å². The molecule has 7 nitrogen and oxygen atoms in total. The standard InChI is InChI=1S/C35H37BrClN3O4S/c1-25-14-20-30(21-15-25)45(43,44)40(29-18-16-28(36)17-19-29)24-33(41)39(23-27-12-8-9-13-31(27)37)32(34(42)38-35(2,3)4)22-26-10-6-5-7-11-26/h5-21,32H,22-24H2,1-4H3,(H,38,42)/t32-/m0/s1. The number of amides is 2. The summed E-state index contributed by atoms with van der Waals surface area (Å²) in [6.45, 7) is 6.92. The van der Waals surface area contributed by atoms with Crippen LogP contribution in [0.15, 0.2) is 112 Å². The number of halogens is 2. The number of anilines is 1. The second-order valence-corrected chi connectivity index (χ2v) is 15.0. The third kappa shape index (κ3) is 9.19. The van der Waals surface area contributed by atoms with E-state index in [4.69, 9.17) is 11.6 Å². The molecule has 4 rings (SSSR count). The topological polar surface area (TPSA) is 86.8 Å². The predicted octanol–water partition coefficient (Wildman–Crippen LogP) is 7.16. The van der Waals surface area contributed by atoms with Gasteiger partial charge >= 0.3 is 0 Å². The quantitative estimate of drug-likeness (QED) is 0.179. The van der Waals surface area contributed by atoms with Gasteiger partial charge in [0.1, 0.15) is 12.6 Å². The molecule has 0 aliphatic carbocycles. The van der Waals surface area contributed by atoms with E-state index in [1.165, 1.54) is 17.0 Å². The number of benzene rings is 4. The number of nitrogens with one attached hydrogen (secondary N) is 1. The molecule has 236 valence electrons. The van der Waals surface area contributed by atoms with Gasteiger partial charge in [-0.3, -0.25) is 13.9 Å². The summed E-state index contributed by atoms with van der Waals surface area (Å²) in [5.74, 6) is -0.915. The molecule has 4 aromatic carbocycles. The fourth-order valence-electron chi connectivity index (χ4n) is 4.79. The van der Waals surface area contributed by atoms with Crippen LogP contribution in [0.1, 0.15) is 37.5 Å². The van der Waals surface area contributed by atoms with Gasteiger partial charge in [-0.25, -0.2) is 8.42 Å². The zero-order chi connectivity index (χ0) is 32.8. The van der Waals surface area contributed by atoms with Crippen molar-refractivity contribution in [3.63, 3.8) is 0 Å². The minimum absolute atomic E-state index is 0.00761. The van der Waals surface area contributed by atoms with E-state index in [1.807, 2.05) is 58.0 Å². The van der Waals surface area contributed by atoms with Gasteiger partial charge in [-0.05, 0) is 81.3 Å². The lowest BCUT2D eigenvalue weighted by Gasteiger charge is -2.35. The smallest absolute Gasteiger partial charge is 0.264 e. The van der Waals surface area contributed by atoms with E-state index in [2.05, 4.69) is 21.2 Å². The van der Waals surface area contributed by atoms with Crippen LogP contribution in [0.5, 0.6) is 0 Å². The molecule has 0 bridgehead atoms. The number of carbonyl (C=O) groups excluding carboxylic acids is 2. The summed E-state index contributed by atoms with van der Waals surface area (Å²) in [7, 11) is -4.18. The highest BCUT2D eigenvalue weighted by atomic mass is 79.9. The molecule has 4 aromatic rings. The fourth-order valence-corrected chi connectivity index (χ4v) is 6.66. The minimum Gasteiger partial charge on any atom is -0.350 e. The van der Waals surface area contributed by atoms with Crippen molar-refractivity contribution in [1.29, 1.82) is 0 Å². The molecule has 1 atom stereocenters. The molecule has 0 saturated carbocycles. The lowest BCUT2D eigenvalue weighted by molar-refractivity contribution is -0.140. The van der Waals surface area contributed by atoms with Crippen LogP contribution in [-0.2, 0) is 32.6 Å². The van der Waals surface area contributed by atoms with Crippen LogP contribution < -0.4 is 9.62 Å². The highest BCUT2D eigenvalue weighted by Gasteiger charge is 2.35. The molecule has 10 heteroatoms. The Morgan fingerprint density at radius 2 is 1.47 bits per heavy atom. The molecule has 45 heavy (non-hydrogen) atoms. The van der Waals surface area contributed by atoms with Gasteiger partial charge in [0.25, 0.3) is 10.0 Å². The summed E-state index contributed by atoms with van der Waals surface area (Å²) < 4.78 is 30.1. The van der Waals surface area contributed by atoms with E-state index in [9.17, 15) is 18.0 Å². The molecule has 0 saturated heterocycles. The maximum Gasteiger partial charge on any atom is 0.264 e. The molecule has 2 amide bonds. The van der Waals surface area contributed by atoms with Crippen LogP contribution >= 0.6 is 27.5 Å². The fraction of sp³-hybridized carbons (Fsp3) is 0.257. The highest BCUT2D eigenvalue weighted by Crippen LogP contribution is 2.27. The summed E-state index contributed by atoms with van der Waals surface area (Å²) in [5.41, 5.74) is 2.11. The van der Waals surface area contributed by atoms with E-state index in [1.54, 1.807) is 60.7 Å². The number of carbonyl (C=O) groups is 2. The third-order valence-electron chi connectivity index (χ3n) is 7.07. The Balaban J connectivity index is 1.82. The Labute approximate surface area is 279 Å². The van der Waals surface area contributed by atoms with Crippen molar-refractivity contribution < 1.29 is 18.0 Å². The molecule has 0 heterocycles. The third-order valence-corrected chi connectivity index (χ3v) is 9.76. The van der Waals surface area contributed by atoms with E-state index in [-0.39, 0.29) is 23.8 Å². The number of aryl methyl sites for hydroxylation is 1. The number of nitrogens with zero attached hydrogens (tertiary/aromatic N) is 2. The average molecular weight is 711 g/mol. The first-order chi connectivity index (χ1) is 21.2. The van der Waals surface area contributed by atoms with Gasteiger partial charge in [0, 0.05) is 28.0 Å². The predicted molar refractivity (Wildman–Crippen MR) is 184 cm³/mol. The largest absolute Gasteiger partial charge is 0.350 e. The normalized spacial score (nSPS) is 12.3. The Morgan fingerprint density at radius 1 is 0.867 bits per heavy atom. The summed E-state index contributed by atoms with van der Waals surface area (Å²) in [6, 6.07) is 28.7. The molecule has 0 aliphatic heterocycles. The molecule has 0 fully saturated rings. The van der Waals surface area contributed by atoms with Gasteiger partial charge in [0.2, 0.25) is 11.8 Å². The van der Waals surface area contributed by atoms with Crippen LogP contribution in [0, 0.1) is 6.92 Å². The summed E-state index contributed by atoms with van der Waals surface area (Å²) >= 11 is 9.96. The van der Waals surface area contributed by atoms with E-state index in [0.717, 1.165) is 19.9 Å². The lowest BCUT2D eigenvalue weighted by atomic mass is 10.0. The van der Waals surface area contributed by atoms with Crippen molar-refractivity contribution in [2.45, 2.75) is 57.1 Å². The molecular weight excluding hydrogens is 674 g/mol. The van der Waals surface area contributed by atoms with Gasteiger partial charge in [0.15, 0.2) is 0 Å². The van der Waals surface area contributed by atoms with Gasteiger partial charge in [-0.2, -0.15) is 0 Å². The number of hydrogen-bond acceptors (Lipinski definition) is 4. The SMILES string of the molecule is Cc1ccc(S(=O)(=O)N(CC(=O)N(Cc2ccccc2Cl)[C@@H](Cc2ccccc2)C(=O)NC(C)(C)C)c2ccc(Br)cc2)cc1. The van der Waals surface area contributed by atoms with E-state index >= 15 is 0 Å². The molecule has 1 N–H and O–H groups in total. The van der Waals surface area contributed by atoms with Gasteiger partial charge in [0.05, 0.1) is 10.6 Å². The second-order valence-electron chi connectivity index (χ2n) is 11.9. The lowest BCUT2D eigenvalue weighted by Crippen LogP contribution is -2.56. The first-order valence-corrected chi connectivity index (χ1v) is 17.1. The Bertz CT molecular complexity index is 1730. The first-order valence-electron chi connectivity index (χ1n) is 14.5. The van der Waals surface area contributed by atoms with Gasteiger partial charge < -0.3 is 10.2 Å². The van der Waals surface area contributed by atoms with E-state index < -0.39 is 34.1 Å². The van der Waals surface area contributed by atoms with Gasteiger partial charge in [-0.1, -0.05) is 93.8 Å². The van der Waals surface area contributed by atoms with Crippen LogP contribution in [0.2, 0.25) is 5.02 Å². The van der Waals surface area contributed by atoms with Crippen molar-refractivity contribution in [2.75, 3.05) is 10.8 Å². The summed E-state index contributed by atoms with van der Waals surface area (Å²) in [5, 5.41) is 3.46. The molecule has 0 radical (unpaired) electrons. The zero-order valence-corrected chi connectivity index (χ0v) is 28.9. The highest BCUT2D eigenvalue weighted by molar-refractivity contribution is 9.10. The average Bonchev–Trinajstić information content (AvgIpc) is 2.99. The monoisotopic (exact) mass is 709 g/mol. The molecule has 0 aliphatic rings. The van der Waals surface area contributed by atoms with Crippen molar-refractivity contribution >= 4 is 55.1 Å². The van der Waals surface area contributed by atoms with Crippen molar-refractivity contribution in [3.8, 4) is 0 Å². The van der Waals surface area contributed by atoms with Crippen LogP contribution in [0.25, 0.3) is 0 Å². The Kier molecular flexibility index (Phi) is 11.1. The van der Waals surface area contributed by atoms with Crippen molar-refractivity contribution in [2.24, 2.45) is 0 Å². The summed E-state index contributed by atoms with van der Waals surface area (Å²) in [4.78, 5) is 30.0. The minimum atomic E-state index is -4.18. The Hall–Kier alpha value is -3.66. The maximum absolute atomic E-state index is 14.5. The summed E-state index contributed by atoms with van der Waals surface area (Å²) in [6.07, 6.45) is 0.210. The second kappa shape index (κ2) is 14.6. The number of sulfonamides is 1.